The molecule has 84 valence electrons. The second kappa shape index (κ2) is 4.62. The van der Waals surface area contributed by atoms with E-state index in [1.54, 1.807) is 0 Å². The fraction of sp³-hybridized carbons (Fsp3) is 1.00. The maximum atomic E-state index is 11.1. The van der Waals surface area contributed by atoms with Crippen LogP contribution in [-0.2, 0) is 9.84 Å². The number of hydrogen-bond acceptors (Lipinski definition) is 3. The number of sulfone groups is 1. The zero-order valence-corrected chi connectivity index (χ0v) is 9.89. The molecule has 1 saturated carbocycles. The lowest BCUT2D eigenvalue weighted by atomic mass is 9.80. The van der Waals surface area contributed by atoms with Crippen molar-refractivity contribution in [2.75, 3.05) is 12.0 Å². The van der Waals surface area contributed by atoms with E-state index in [4.69, 9.17) is 5.73 Å². The van der Waals surface area contributed by atoms with Crippen LogP contribution in [0.2, 0.25) is 0 Å². The Morgan fingerprint density at radius 1 is 1.29 bits per heavy atom. The lowest BCUT2D eigenvalue weighted by molar-refractivity contribution is 0.263. The van der Waals surface area contributed by atoms with Gasteiger partial charge < -0.3 is 5.73 Å². The van der Waals surface area contributed by atoms with Crippen LogP contribution in [0.15, 0.2) is 0 Å². The molecule has 1 aliphatic carbocycles. The highest BCUT2D eigenvalue weighted by Gasteiger charge is 2.25. The highest BCUT2D eigenvalue weighted by molar-refractivity contribution is 7.90. The Morgan fingerprint density at radius 2 is 1.79 bits per heavy atom. The average molecular weight is 219 g/mol. The van der Waals surface area contributed by atoms with E-state index in [0.29, 0.717) is 5.92 Å². The van der Waals surface area contributed by atoms with E-state index in [1.807, 2.05) is 0 Å². The van der Waals surface area contributed by atoms with E-state index >= 15 is 0 Å². The molecule has 0 aliphatic heterocycles. The van der Waals surface area contributed by atoms with Crippen molar-refractivity contribution in [1.82, 2.24) is 0 Å². The molecule has 0 heterocycles. The van der Waals surface area contributed by atoms with E-state index < -0.39 is 9.84 Å². The van der Waals surface area contributed by atoms with E-state index in [2.05, 4.69) is 6.92 Å². The second-order valence-electron chi connectivity index (χ2n) is 4.78. The Balaban J connectivity index is 2.42. The first-order valence-corrected chi connectivity index (χ1v) is 7.38. The Labute approximate surface area is 87.0 Å². The van der Waals surface area contributed by atoms with Crippen molar-refractivity contribution in [3.63, 3.8) is 0 Å². The van der Waals surface area contributed by atoms with Gasteiger partial charge in [0.25, 0.3) is 0 Å². The van der Waals surface area contributed by atoms with Gasteiger partial charge >= 0.3 is 0 Å². The molecule has 14 heavy (non-hydrogen) atoms. The average Bonchev–Trinajstić information content (AvgIpc) is 2.02. The van der Waals surface area contributed by atoms with Gasteiger partial charge in [0.1, 0.15) is 9.84 Å². The minimum absolute atomic E-state index is 0.145. The van der Waals surface area contributed by atoms with Crippen LogP contribution in [-0.4, -0.2) is 26.5 Å². The Hall–Kier alpha value is -0.0900. The van der Waals surface area contributed by atoms with E-state index in [0.717, 1.165) is 18.8 Å². The molecule has 1 rings (SSSR count). The van der Waals surface area contributed by atoms with E-state index in [1.165, 1.54) is 19.1 Å². The molecule has 0 spiro atoms. The molecule has 2 N–H and O–H groups in total. The van der Waals surface area contributed by atoms with Crippen molar-refractivity contribution in [3.05, 3.63) is 0 Å². The van der Waals surface area contributed by atoms with Gasteiger partial charge in [-0.05, 0) is 24.7 Å². The Morgan fingerprint density at radius 3 is 2.21 bits per heavy atom. The molecule has 1 atom stereocenters. The van der Waals surface area contributed by atoms with Crippen LogP contribution in [0.1, 0.15) is 32.6 Å². The molecule has 0 aromatic heterocycles. The molecular formula is C10H21NO2S. The van der Waals surface area contributed by atoms with Crippen LogP contribution in [0.5, 0.6) is 0 Å². The highest BCUT2D eigenvalue weighted by atomic mass is 32.2. The topological polar surface area (TPSA) is 60.2 Å². The SMILES string of the molecule is CC1CCC(C(N)CS(C)(=O)=O)CC1. The third-order valence-corrected chi connectivity index (χ3v) is 4.15. The maximum Gasteiger partial charge on any atom is 0.148 e. The normalized spacial score (nSPS) is 31.4. The van der Waals surface area contributed by atoms with Gasteiger partial charge in [-0.25, -0.2) is 8.42 Å². The number of rotatable bonds is 3. The summed E-state index contributed by atoms with van der Waals surface area (Å²) in [6.45, 7) is 2.25. The number of nitrogens with two attached hydrogens (primary N) is 1. The molecule has 1 unspecified atom stereocenters. The standard InChI is InChI=1S/C10H21NO2S/c1-8-3-5-9(6-4-8)10(11)7-14(2,12)13/h8-10H,3-7,11H2,1-2H3. The summed E-state index contributed by atoms with van der Waals surface area (Å²) in [6, 6.07) is -0.155. The molecule has 1 aliphatic rings. The van der Waals surface area contributed by atoms with Gasteiger partial charge in [0, 0.05) is 12.3 Å². The summed E-state index contributed by atoms with van der Waals surface area (Å²) in [7, 11) is -2.91. The van der Waals surface area contributed by atoms with E-state index in [-0.39, 0.29) is 11.8 Å². The molecule has 3 nitrogen and oxygen atoms in total. The van der Waals surface area contributed by atoms with Crippen LogP contribution < -0.4 is 5.73 Å². The molecule has 1 fully saturated rings. The minimum Gasteiger partial charge on any atom is -0.327 e. The van der Waals surface area contributed by atoms with Gasteiger partial charge in [0.2, 0.25) is 0 Å². The van der Waals surface area contributed by atoms with Crippen LogP contribution in [0.3, 0.4) is 0 Å². The van der Waals surface area contributed by atoms with Gasteiger partial charge in [-0.1, -0.05) is 19.8 Å². The van der Waals surface area contributed by atoms with Crippen molar-refractivity contribution in [3.8, 4) is 0 Å². The summed E-state index contributed by atoms with van der Waals surface area (Å²) in [5, 5.41) is 0. The monoisotopic (exact) mass is 219 g/mol. The largest absolute Gasteiger partial charge is 0.327 e. The minimum atomic E-state index is -2.91. The molecule has 0 radical (unpaired) electrons. The van der Waals surface area contributed by atoms with Crippen molar-refractivity contribution in [2.45, 2.75) is 38.6 Å². The van der Waals surface area contributed by atoms with Crippen molar-refractivity contribution < 1.29 is 8.42 Å². The van der Waals surface area contributed by atoms with Crippen LogP contribution in [0.25, 0.3) is 0 Å². The zero-order chi connectivity index (χ0) is 10.8. The predicted octanol–water partition coefficient (Wildman–Crippen LogP) is 1.18. The first kappa shape index (κ1) is 12.0. The number of hydrogen-bond donors (Lipinski definition) is 1. The summed E-state index contributed by atoms with van der Waals surface area (Å²) in [5.41, 5.74) is 5.90. The zero-order valence-electron chi connectivity index (χ0n) is 9.07. The molecule has 0 aromatic rings. The fourth-order valence-corrected chi connectivity index (χ4v) is 3.17. The first-order valence-electron chi connectivity index (χ1n) is 5.32. The van der Waals surface area contributed by atoms with Gasteiger partial charge in [-0.3, -0.25) is 0 Å². The summed E-state index contributed by atoms with van der Waals surface area (Å²) in [6.07, 6.45) is 5.85. The third-order valence-electron chi connectivity index (χ3n) is 3.16. The molecule has 0 aromatic carbocycles. The Bertz CT molecular complexity index is 266. The van der Waals surface area contributed by atoms with Gasteiger partial charge in [-0.15, -0.1) is 0 Å². The summed E-state index contributed by atoms with van der Waals surface area (Å²) in [4.78, 5) is 0. The Kier molecular flexibility index (Phi) is 3.95. The lowest BCUT2D eigenvalue weighted by Gasteiger charge is -2.30. The first-order chi connectivity index (χ1) is 6.38. The van der Waals surface area contributed by atoms with Crippen LogP contribution >= 0.6 is 0 Å². The van der Waals surface area contributed by atoms with Crippen LogP contribution in [0, 0.1) is 11.8 Å². The maximum absolute atomic E-state index is 11.1. The smallest absolute Gasteiger partial charge is 0.148 e. The van der Waals surface area contributed by atoms with Gasteiger partial charge in [-0.2, -0.15) is 0 Å². The highest BCUT2D eigenvalue weighted by Crippen LogP contribution is 2.30. The summed E-state index contributed by atoms with van der Waals surface area (Å²) >= 11 is 0. The molecule has 0 saturated heterocycles. The van der Waals surface area contributed by atoms with Crippen molar-refractivity contribution in [1.29, 1.82) is 0 Å². The lowest BCUT2D eigenvalue weighted by Crippen LogP contribution is -2.38. The predicted molar refractivity (Wildman–Crippen MR) is 58.8 cm³/mol. The molecule has 0 amide bonds. The third kappa shape index (κ3) is 3.96. The quantitative estimate of drug-likeness (QED) is 0.775. The summed E-state index contributed by atoms with van der Waals surface area (Å²) < 4.78 is 22.1. The van der Waals surface area contributed by atoms with Crippen molar-refractivity contribution >= 4 is 9.84 Å². The molecular weight excluding hydrogens is 198 g/mol. The fourth-order valence-electron chi connectivity index (χ4n) is 2.20. The molecule has 4 heteroatoms. The van der Waals surface area contributed by atoms with E-state index in [9.17, 15) is 8.42 Å². The molecule has 0 bridgehead atoms. The summed E-state index contributed by atoms with van der Waals surface area (Å²) in [5.74, 6) is 1.35. The van der Waals surface area contributed by atoms with Gasteiger partial charge in [0.05, 0.1) is 5.75 Å². The second-order valence-corrected chi connectivity index (χ2v) is 6.96. The van der Waals surface area contributed by atoms with Crippen molar-refractivity contribution in [2.24, 2.45) is 17.6 Å². The van der Waals surface area contributed by atoms with Gasteiger partial charge in [0.15, 0.2) is 0 Å². The van der Waals surface area contributed by atoms with Crippen LogP contribution in [0.4, 0.5) is 0 Å².